The molecule has 2 rings (SSSR count). The Bertz CT molecular complexity index is 484. The Morgan fingerprint density at radius 2 is 2.44 bits per heavy atom. The lowest BCUT2D eigenvalue weighted by molar-refractivity contribution is 0.0950. The molecule has 0 aliphatic rings. The smallest absolute Gasteiger partial charge is 0.253 e. The second-order valence-electron chi connectivity index (χ2n) is 2.97. The third-order valence-corrected chi connectivity index (χ3v) is 2.20. The highest BCUT2D eigenvalue weighted by molar-refractivity contribution is 6.33. The highest BCUT2D eigenvalue weighted by Crippen LogP contribution is 2.12. The first-order valence-corrected chi connectivity index (χ1v) is 4.87. The van der Waals surface area contributed by atoms with Gasteiger partial charge in [0.25, 0.3) is 5.91 Å². The molecular formula is C9H8ClN5O. The van der Waals surface area contributed by atoms with Gasteiger partial charge in [-0.1, -0.05) is 11.6 Å². The predicted molar refractivity (Wildman–Crippen MR) is 56.8 cm³/mol. The maximum absolute atomic E-state index is 11.7. The van der Waals surface area contributed by atoms with Gasteiger partial charge in [-0.2, -0.15) is 5.10 Å². The zero-order valence-electron chi connectivity index (χ0n) is 8.14. The molecule has 0 atom stereocenters. The number of carbonyl (C=O) groups is 1. The van der Waals surface area contributed by atoms with Crippen LogP contribution in [0.1, 0.15) is 16.2 Å². The van der Waals surface area contributed by atoms with E-state index in [-0.39, 0.29) is 12.5 Å². The first kappa shape index (κ1) is 10.6. The second-order valence-corrected chi connectivity index (χ2v) is 3.38. The van der Waals surface area contributed by atoms with Crippen LogP contribution >= 0.6 is 11.6 Å². The molecule has 82 valence electrons. The van der Waals surface area contributed by atoms with Gasteiger partial charge in [0, 0.05) is 12.4 Å². The van der Waals surface area contributed by atoms with E-state index < -0.39 is 0 Å². The van der Waals surface area contributed by atoms with E-state index in [0.717, 1.165) is 0 Å². The van der Waals surface area contributed by atoms with Crippen LogP contribution in [0.3, 0.4) is 0 Å². The Morgan fingerprint density at radius 3 is 3.12 bits per heavy atom. The number of carbonyl (C=O) groups excluding carboxylic acids is 1. The Hall–Kier alpha value is -1.95. The summed E-state index contributed by atoms with van der Waals surface area (Å²) in [6.07, 6.45) is 4.31. The molecule has 0 fully saturated rings. The monoisotopic (exact) mass is 237 g/mol. The van der Waals surface area contributed by atoms with E-state index in [0.29, 0.717) is 16.4 Å². The number of aromatic amines is 1. The molecule has 0 aliphatic heterocycles. The number of amides is 1. The molecule has 0 spiro atoms. The van der Waals surface area contributed by atoms with Gasteiger partial charge in [0.1, 0.15) is 12.2 Å². The van der Waals surface area contributed by atoms with E-state index in [1.807, 2.05) is 0 Å². The lowest BCUT2D eigenvalue weighted by Gasteiger charge is -2.03. The third kappa shape index (κ3) is 2.34. The normalized spacial score (nSPS) is 10.1. The van der Waals surface area contributed by atoms with Crippen molar-refractivity contribution >= 4 is 17.5 Å². The molecule has 1 amide bonds. The topological polar surface area (TPSA) is 83.6 Å². The Labute approximate surface area is 96.1 Å². The molecule has 16 heavy (non-hydrogen) atoms. The summed E-state index contributed by atoms with van der Waals surface area (Å²) >= 11 is 5.82. The number of hydrogen-bond acceptors (Lipinski definition) is 4. The summed E-state index contributed by atoms with van der Waals surface area (Å²) in [5.41, 5.74) is 0.385. The third-order valence-electron chi connectivity index (χ3n) is 1.90. The van der Waals surface area contributed by atoms with Crippen molar-refractivity contribution in [3.8, 4) is 0 Å². The molecule has 2 heterocycles. The van der Waals surface area contributed by atoms with Crippen molar-refractivity contribution in [2.24, 2.45) is 0 Å². The summed E-state index contributed by atoms with van der Waals surface area (Å²) in [5.74, 6) is 0.308. The van der Waals surface area contributed by atoms with Gasteiger partial charge in [0.15, 0.2) is 0 Å². The van der Waals surface area contributed by atoms with Crippen LogP contribution in [-0.4, -0.2) is 26.1 Å². The zero-order chi connectivity index (χ0) is 11.4. The van der Waals surface area contributed by atoms with Crippen molar-refractivity contribution in [2.45, 2.75) is 6.54 Å². The van der Waals surface area contributed by atoms with Gasteiger partial charge >= 0.3 is 0 Å². The maximum Gasteiger partial charge on any atom is 0.253 e. The summed E-state index contributed by atoms with van der Waals surface area (Å²) in [4.78, 5) is 19.3. The Kier molecular flexibility index (Phi) is 3.11. The van der Waals surface area contributed by atoms with Gasteiger partial charge in [-0.3, -0.25) is 14.9 Å². The SMILES string of the molecule is O=C(NCc1ncn[nH]1)c1ccncc1Cl. The fraction of sp³-hybridized carbons (Fsp3) is 0.111. The second kappa shape index (κ2) is 4.71. The quantitative estimate of drug-likeness (QED) is 0.827. The summed E-state index contributed by atoms with van der Waals surface area (Å²) in [7, 11) is 0. The average molecular weight is 238 g/mol. The van der Waals surface area contributed by atoms with Gasteiger partial charge in [-0.25, -0.2) is 4.98 Å². The minimum atomic E-state index is -0.274. The van der Waals surface area contributed by atoms with E-state index in [2.05, 4.69) is 25.5 Å². The highest BCUT2D eigenvalue weighted by atomic mass is 35.5. The molecule has 2 N–H and O–H groups in total. The van der Waals surface area contributed by atoms with Gasteiger partial charge in [0.2, 0.25) is 0 Å². The predicted octanol–water partition coefficient (Wildman–Crippen LogP) is 0.783. The van der Waals surface area contributed by atoms with Crippen molar-refractivity contribution in [3.63, 3.8) is 0 Å². The fourth-order valence-corrected chi connectivity index (χ4v) is 1.34. The number of nitrogens with one attached hydrogen (secondary N) is 2. The van der Waals surface area contributed by atoms with Crippen LogP contribution in [0.5, 0.6) is 0 Å². The lowest BCUT2D eigenvalue weighted by atomic mass is 10.2. The van der Waals surface area contributed by atoms with E-state index in [4.69, 9.17) is 11.6 Å². The molecule has 0 saturated carbocycles. The number of aromatic nitrogens is 4. The minimum absolute atomic E-state index is 0.274. The molecule has 0 saturated heterocycles. The molecule has 6 nitrogen and oxygen atoms in total. The summed E-state index contributed by atoms with van der Waals surface area (Å²) < 4.78 is 0. The number of rotatable bonds is 3. The number of hydrogen-bond donors (Lipinski definition) is 2. The number of pyridine rings is 1. The largest absolute Gasteiger partial charge is 0.345 e. The van der Waals surface area contributed by atoms with Crippen molar-refractivity contribution in [3.05, 3.63) is 41.2 Å². The Balaban J connectivity index is 2.01. The maximum atomic E-state index is 11.7. The first-order chi connectivity index (χ1) is 7.77. The van der Waals surface area contributed by atoms with Gasteiger partial charge in [-0.05, 0) is 6.07 Å². The Morgan fingerprint density at radius 1 is 1.56 bits per heavy atom. The van der Waals surface area contributed by atoms with E-state index in [1.54, 1.807) is 6.07 Å². The highest BCUT2D eigenvalue weighted by Gasteiger charge is 2.09. The lowest BCUT2D eigenvalue weighted by Crippen LogP contribution is -2.23. The number of halogens is 1. The molecule has 0 radical (unpaired) electrons. The van der Waals surface area contributed by atoms with Crippen LogP contribution < -0.4 is 5.32 Å². The fourth-order valence-electron chi connectivity index (χ4n) is 1.13. The van der Waals surface area contributed by atoms with Crippen LogP contribution in [0.2, 0.25) is 5.02 Å². The van der Waals surface area contributed by atoms with Crippen molar-refractivity contribution in [1.82, 2.24) is 25.5 Å². The van der Waals surface area contributed by atoms with Gasteiger partial charge < -0.3 is 5.32 Å². The molecule has 0 aliphatic carbocycles. The molecule has 2 aromatic heterocycles. The van der Waals surface area contributed by atoms with Crippen molar-refractivity contribution in [1.29, 1.82) is 0 Å². The molecule has 0 unspecified atom stereocenters. The van der Waals surface area contributed by atoms with Crippen LogP contribution in [0.15, 0.2) is 24.8 Å². The van der Waals surface area contributed by atoms with E-state index in [9.17, 15) is 4.79 Å². The summed E-state index contributed by atoms with van der Waals surface area (Å²) in [6.45, 7) is 0.275. The molecule has 7 heteroatoms. The van der Waals surface area contributed by atoms with Crippen molar-refractivity contribution < 1.29 is 4.79 Å². The average Bonchev–Trinajstić information content (AvgIpc) is 2.79. The molecular weight excluding hydrogens is 230 g/mol. The van der Waals surface area contributed by atoms with Crippen LogP contribution in [0.4, 0.5) is 0 Å². The van der Waals surface area contributed by atoms with Crippen molar-refractivity contribution in [2.75, 3.05) is 0 Å². The van der Waals surface area contributed by atoms with E-state index >= 15 is 0 Å². The van der Waals surface area contributed by atoms with Gasteiger partial charge in [0.05, 0.1) is 17.1 Å². The summed E-state index contributed by atoms with van der Waals surface area (Å²) in [5, 5.41) is 9.28. The summed E-state index contributed by atoms with van der Waals surface area (Å²) in [6, 6.07) is 1.55. The first-order valence-electron chi connectivity index (χ1n) is 4.49. The zero-order valence-corrected chi connectivity index (χ0v) is 8.90. The standard InChI is InChI=1S/C9H8ClN5O/c10-7-3-11-2-1-6(7)9(16)12-4-8-13-5-14-15-8/h1-3,5H,4H2,(H,12,16)(H,13,14,15). The van der Waals surface area contributed by atoms with Crippen LogP contribution in [-0.2, 0) is 6.54 Å². The molecule has 2 aromatic rings. The van der Waals surface area contributed by atoms with Crippen LogP contribution in [0.25, 0.3) is 0 Å². The molecule has 0 aromatic carbocycles. The van der Waals surface area contributed by atoms with E-state index in [1.165, 1.54) is 18.7 Å². The number of H-pyrrole nitrogens is 1. The number of nitrogens with zero attached hydrogens (tertiary/aromatic N) is 3. The minimum Gasteiger partial charge on any atom is -0.345 e. The van der Waals surface area contributed by atoms with Gasteiger partial charge in [-0.15, -0.1) is 0 Å². The molecule has 0 bridgehead atoms. The van der Waals surface area contributed by atoms with Crippen LogP contribution in [0, 0.1) is 0 Å².